The van der Waals surface area contributed by atoms with Crippen molar-refractivity contribution in [1.82, 2.24) is 15.2 Å². The Labute approximate surface area is 237 Å². The Kier molecular flexibility index (Phi) is 9.39. The van der Waals surface area contributed by atoms with Crippen LogP contribution in [0, 0.1) is 0 Å². The van der Waals surface area contributed by atoms with Crippen molar-refractivity contribution in [2.45, 2.75) is 179 Å². The minimum atomic E-state index is -0.414. The molecule has 230 valence electrons. The molecular formula is C30H59N3O6. The van der Waals surface area contributed by atoms with E-state index in [4.69, 9.17) is 14.2 Å². The molecule has 0 atom stereocenters. The second-order valence-corrected chi connectivity index (χ2v) is 16.3. The van der Waals surface area contributed by atoms with Crippen molar-refractivity contribution in [2.75, 3.05) is 13.2 Å². The summed E-state index contributed by atoms with van der Waals surface area (Å²) in [7, 11) is 0. The summed E-state index contributed by atoms with van der Waals surface area (Å²) in [6, 6.07) is 0. The summed E-state index contributed by atoms with van der Waals surface area (Å²) in [6.07, 6.45) is 3.96. The van der Waals surface area contributed by atoms with Gasteiger partial charge in [0.1, 0.15) is 6.10 Å². The fraction of sp³-hybridized carbons (Fsp3) is 1.00. The number of piperidine rings is 3. The fourth-order valence-corrected chi connectivity index (χ4v) is 7.75. The molecule has 3 rings (SSSR count). The number of ether oxygens (including phenoxy) is 3. The molecule has 0 amide bonds. The average molecular weight is 558 g/mol. The van der Waals surface area contributed by atoms with Crippen molar-refractivity contribution >= 4 is 0 Å². The van der Waals surface area contributed by atoms with Crippen LogP contribution in [0.25, 0.3) is 0 Å². The van der Waals surface area contributed by atoms with E-state index in [1.54, 1.807) is 0 Å². The number of hydrogen-bond donors (Lipinski definition) is 3. The summed E-state index contributed by atoms with van der Waals surface area (Å²) in [6.45, 7) is 25.4. The lowest BCUT2D eigenvalue weighted by atomic mass is 9.80. The third-order valence-corrected chi connectivity index (χ3v) is 9.22. The van der Waals surface area contributed by atoms with E-state index in [9.17, 15) is 15.6 Å². The molecule has 0 aromatic rings. The normalized spacial score (nSPS) is 30.2. The van der Waals surface area contributed by atoms with Crippen LogP contribution in [0.4, 0.5) is 0 Å². The smallest absolute Gasteiger partial charge is 0.104 e. The summed E-state index contributed by atoms with van der Waals surface area (Å²) >= 11 is 0. The fourth-order valence-electron chi connectivity index (χ4n) is 7.75. The van der Waals surface area contributed by atoms with Crippen LogP contribution in [0.15, 0.2) is 0 Å². The van der Waals surface area contributed by atoms with Gasteiger partial charge in [0.25, 0.3) is 0 Å². The third kappa shape index (κ3) is 7.54. The number of nitrogens with zero attached hydrogens (tertiary/aromatic N) is 3. The predicted octanol–water partition coefficient (Wildman–Crippen LogP) is 5.64. The molecule has 0 unspecified atom stereocenters. The van der Waals surface area contributed by atoms with Crippen LogP contribution in [0.3, 0.4) is 0 Å². The zero-order valence-corrected chi connectivity index (χ0v) is 26.9. The SMILES string of the molecule is CC1(C)CC(OCC(COC2CC(C)(C)N(O)C(C)(C)C2)OC2CC(C)(C)N(O)C(C)(C)C2)CC(C)(C)N1O. The highest BCUT2D eigenvalue weighted by Crippen LogP contribution is 2.41. The first-order valence-corrected chi connectivity index (χ1v) is 14.8. The zero-order chi connectivity index (χ0) is 29.8. The lowest BCUT2D eigenvalue weighted by molar-refractivity contribution is -0.277. The monoisotopic (exact) mass is 557 g/mol. The molecule has 3 heterocycles. The summed E-state index contributed by atoms with van der Waals surface area (Å²) in [5.41, 5.74) is -2.40. The van der Waals surface area contributed by atoms with E-state index in [0.717, 1.165) is 25.7 Å². The first-order chi connectivity index (χ1) is 17.5. The van der Waals surface area contributed by atoms with E-state index in [0.29, 0.717) is 26.1 Å². The van der Waals surface area contributed by atoms with Gasteiger partial charge in [0, 0.05) is 33.2 Å². The molecule has 3 fully saturated rings. The van der Waals surface area contributed by atoms with Crippen LogP contribution in [0.5, 0.6) is 0 Å². The van der Waals surface area contributed by atoms with E-state index < -0.39 is 33.2 Å². The van der Waals surface area contributed by atoms with Crippen molar-refractivity contribution in [3.8, 4) is 0 Å². The van der Waals surface area contributed by atoms with Crippen LogP contribution in [-0.4, -0.2) is 102 Å². The van der Waals surface area contributed by atoms with E-state index in [1.807, 2.05) is 83.1 Å². The molecule has 0 aromatic heterocycles. The highest BCUT2D eigenvalue weighted by molar-refractivity contribution is 4.99. The zero-order valence-electron chi connectivity index (χ0n) is 26.9. The van der Waals surface area contributed by atoms with E-state index in [2.05, 4.69) is 0 Å². The molecule has 0 aromatic carbocycles. The summed E-state index contributed by atoms with van der Waals surface area (Å²) < 4.78 is 19.8. The van der Waals surface area contributed by atoms with Gasteiger partial charge in [-0.1, -0.05) is 0 Å². The van der Waals surface area contributed by atoms with Gasteiger partial charge in [-0.2, -0.15) is 15.2 Å². The van der Waals surface area contributed by atoms with Gasteiger partial charge in [-0.15, -0.1) is 0 Å². The van der Waals surface area contributed by atoms with Crippen molar-refractivity contribution in [2.24, 2.45) is 0 Å². The highest BCUT2D eigenvalue weighted by Gasteiger charge is 2.48. The van der Waals surface area contributed by atoms with Gasteiger partial charge in [-0.05, 0) is 122 Å². The first kappa shape index (κ1) is 33.1. The quantitative estimate of drug-likeness (QED) is 0.350. The summed E-state index contributed by atoms with van der Waals surface area (Å²) in [4.78, 5) is 0. The molecule has 3 N–H and O–H groups in total. The number of hydroxylamine groups is 6. The maximum Gasteiger partial charge on any atom is 0.104 e. The Morgan fingerprint density at radius 2 is 0.718 bits per heavy atom. The largest absolute Gasteiger partial charge is 0.375 e. The Bertz CT molecular complexity index is 743. The Hall–Kier alpha value is -0.360. The first-order valence-electron chi connectivity index (χ1n) is 14.8. The lowest BCUT2D eigenvalue weighted by Crippen LogP contribution is -2.61. The van der Waals surface area contributed by atoms with Crippen molar-refractivity contribution in [1.29, 1.82) is 0 Å². The molecule has 0 spiro atoms. The maximum absolute atomic E-state index is 10.8. The minimum Gasteiger partial charge on any atom is -0.375 e. The molecule has 3 saturated heterocycles. The molecule has 9 heteroatoms. The summed E-state index contributed by atoms with van der Waals surface area (Å²) in [5, 5.41) is 36.6. The Morgan fingerprint density at radius 3 is 0.974 bits per heavy atom. The molecule has 3 aliphatic rings. The molecule has 3 aliphatic heterocycles. The predicted molar refractivity (Wildman–Crippen MR) is 151 cm³/mol. The molecular weight excluding hydrogens is 498 g/mol. The van der Waals surface area contributed by atoms with Gasteiger partial charge in [-0.3, -0.25) is 0 Å². The van der Waals surface area contributed by atoms with Gasteiger partial charge in [0.05, 0.1) is 31.5 Å². The van der Waals surface area contributed by atoms with E-state index >= 15 is 0 Å². The van der Waals surface area contributed by atoms with Gasteiger partial charge in [0.15, 0.2) is 0 Å². The average Bonchev–Trinajstić information content (AvgIpc) is 2.75. The molecule has 0 radical (unpaired) electrons. The van der Waals surface area contributed by atoms with Crippen molar-refractivity contribution < 1.29 is 29.8 Å². The Balaban J connectivity index is 1.72. The molecule has 0 bridgehead atoms. The second kappa shape index (κ2) is 11.0. The topological polar surface area (TPSA) is 98.1 Å². The molecule has 0 saturated carbocycles. The van der Waals surface area contributed by atoms with E-state index in [-0.39, 0.29) is 24.4 Å². The molecule has 0 aliphatic carbocycles. The van der Waals surface area contributed by atoms with Gasteiger partial charge >= 0.3 is 0 Å². The maximum atomic E-state index is 10.8. The minimum absolute atomic E-state index is 0.00725. The van der Waals surface area contributed by atoms with Crippen LogP contribution < -0.4 is 0 Å². The van der Waals surface area contributed by atoms with Gasteiger partial charge in [0.2, 0.25) is 0 Å². The lowest BCUT2D eigenvalue weighted by Gasteiger charge is -2.52. The van der Waals surface area contributed by atoms with Crippen molar-refractivity contribution in [3.63, 3.8) is 0 Å². The van der Waals surface area contributed by atoms with Gasteiger partial charge in [-0.25, -0.2) is 0 Å². The van der Waals surface area contributed by atoms with E-state index in [1.165, 1.54) is 15.2 Å². The standard InChI is InChI=1S/C30H59N3O6/c1-25(2)13-21(14-26(3,4)31(25)34)37-19-24(39-23-17-29(9,10)33(36)30(11,12)18-23)20-38-22-15-27(5,6)32(35)28(7,8)16-22/h21-24,34-36H,13-20H2,1-12H3. The third-order valence-electron chi connectivity index (χ3n) is 9.22. The van der Waals surface area contributed by atoms with Crippen LogP contribution in [0.1, 0.15) is 122 Å². The van der Waals surface area contributed by atoms with Crippen LogP contribution in [0.2, 0.25) is 0 Å². The van der Waals surface area contributed by atoms with Crippen molar-refractivity contribution in [3.05, 3.63) is 0 Å². The second-order valence-electron chi connectivity index (χ2n) is 16.3. The Morgan fingerprint density at radius 1 is 0.487 bits per heavy atom. The molecule has 39 heavy (non-hydrogen) atoms. The molecule has 9 nitrogen and oxygen atoms in total. The van der Waals surface area contributed by atoms with Gasteiger partial charge < -0.3 is 29.8 Å². The number of rotatable bonds is 8. The van der Waals surface area contributed by atoms with Crippen LogP contribution >= 0.6 is 0 Å². The summed E-state index contributed by atoms with van der Waals surface area (Å²) in [5.74, 6) is 0. The highest BCUT2D eigenvalue weighted by atomic mass is 16.6. The van der Waals surface area contributed by atoms with Crippen LogP contribution in [-0.2, 0) is 14.2 Å². The number of hydrogen-bond acceptors (Lipinski definition) is 9.